The van der Waals surface area contributed by atoms with Gasteiger partial charge in [0, 0.05) is 49.2 Å². The molecule has 0 radical (unpaired) electrons. The fourth-order valence-electron chi connectivity index (χ4n) is 5.57. The SMILES string of the molecule is Cc1ncc(C(=O)NCc2cc3nc(-c4ccnc(N5CCC6(NC(=O)NC6=O)C(C)C5)n4)ccc3cn2)cc1S(C)(=O)=O. The molecule has 6 rings (SSSR count). The van der Waals surface area contributed by atoms with E-state index in [0.29, 0.717) is 53.8 Å². The fraction of sp³-hybridized carbons (Fsp3) is 0.310. The van der Waals surface area contributed by atoms with Gasteiger partial charge >= 0.3 is 6.03 Å². The van der Waals surface area contributed by atoms with Crippen LogP contribution in [-0.4, -0.2) is 76.1 Å². The van der Waals surface area contributed by atoms with Crippen LogP contribution in [-0.2, 0) is 21.2 Å². The minimum Gasteiger partial charge on any atom is -0.346 e. The molecule has 1 spiro atoms. The summed E-state index contributed by atoms with van der Waals surface area (Å²) in [6.45, 7) is 4.56. The van der Waals surface area contributed by atoms with E-state index in [2.05, 4.69) is 30.9 Å². The number of piperidine rings is 1. The van der Waals surface area contributed by atoms with Crippen LogP contribution in [0.1, 0.15) is 35.1 Å². The summed E-state index contributed by atoms with van der Waals surface area (Å²) in [4.78, 5) is 61.5. The first kappa shape index (κ1) is 29.0. The highest BCUT2D eigenvalue weighted by atomic mass is 32.2. The minimum atomic E-state index is -3.53. The molecule has 4 aromatic rings. The van der Waals surface area contributed by atoms with E-state index in [4.69, 9.17) is 9.97 Å². The number of imide groups is 1. The molecule has 2 aliphatic rings. The molecule has 0 bridgehead atoms. The number of hydrogen-bond donors (Lipinski definition) is 3. The molecule has 226 valence electrons. The molecule has 14 nitrogen and oxygen atoms in total. The van der Waals surface area contributed by atoms with Crippen molar-refractivity contribution in [2.75, 3.05) is 24.2 Å². The zero-order chi connectivity index (χ0) is 31.2. The standard InChI is InChI=1S/C29H29N9O5S/c1-16-15-38(9-7-29(16)26(40)36-28(41)37-29)27-30-8-6-22(35-27)21-5-4-18-12-32-20(11-23(18)34-21)14-33-25(39)19-10-24(44(3,42)43)17(2)31-13-19/h4-6,8,10-13,16H,7,9,14-15H2,1-3H3,(H,33,39)(H2,36,37,40,41). The van der Waals surface area contributed by atoms with Gasteiger partial charge in [-0.05, 0) is 43.7 Å². The number of urea groups is 1. The van der Waals surface area contributed by atoms with Gasteiger partial charge in [-0.15, -0.1) is 0 Å². The van der Waals surface area contributed by atoms with E-state index in [1.165, 1.54) is 12.3 Å². The first-order valence-electron chi connectivity index (χ1n) is 13.9. The summed E-state index contributed by atoms with van der Waals surface area (Å²) < 4.78 is 24.0. The molecule has 15 heteroatoms. The smallest absolute Gasteiger partial charge is 0.322 e. The Bertz CT molecular complexity index is 1950. The third-order valence-electron chi connectivity index (χ3n) is 8.03. The summed E-state index contributed by atoms with van der Waals surface area (Å²) >= 11 is 0. The van der Waals surface area contributed by atoms with Crippen LogP contribution >= 0.6 is 0 Å². The van der Waals surface area contributed by atoms with Crippen LogP contribution in [0.15, 0.2) is 53.8 Å². The Balaban J connectivity index is 1.18. The van der Waals surface area contributed by atoms with Gasteiger partial charge in [-0.25, -0.2) is 28.2 Å². The number of rotatable bonds is 6. The molecule has 0 aliphatic carbocycles. The number of anilines is 1. The van der Waals surface area contributed by atoms with Gasteiger partial charge in [-0.2, -0.15) is 0 Å². The van der Waals surface area contributed by atoms with Crippen LogP contribution in [0.4, 0.5) is 10.7 Å². The Morgan fingerprint density at radius 2 is 1.89 bits per heavy atom. The molecule has 2 unspecified atom stereocenters. The second-order valence-electron chi connectivity index (χ2n) is 11.0. The maximum atomic E-state index is 12.8. The molecule has 4 aromatic heterocycles. The number of amides is 4. The summed E-state index contributed by atoms with van der Waals surface area (Å²) in [6, 6.07) is 8.10. The van der Waals surface area contributed by atoms with Gasteiger partial charge in [0.25, 0.3) is 11.8 Å². The number of carbonyl (C=O) groups excluding carboxylic acids is 3. The van der Waals surface area contributed by atoms with E-state index in [1.54, 1.807) is 31.5 Å². The van der Waals surface area contributed by atoms with Gasteiger partial charge in [-0.1, -0.05) is 6.92 Å². The molecule has 4 amide bonds. The Kier molecular flexibility index (Phi) is 7.19. The zero-order valence-electron chi connectivity index (χ0n) is 24.2. The molecule has 3 N–H and O–H groups in total. The van der Waals surface area contributed by atoms with Crippen molar-refractivity contribution >= 4 is 44.5 Å². The van der Waals surface area contributed by atoms with Gasteiger partial charge < -0.3 is 15.5 Å². The number of aromatic nitrogens is 5. The lowest BCUT2D eigenvalue weighted by atomic mass is 9.79. The van der Waals surface area contributed by atoms with Gasteiger partial charge in [0.05, 0.1) is 45.3 Å². The molecular formula is C29H29N9O5S. The normalized spacial score (nSPS) is 20.1. The Labute approximate surface area is 252 Å². The third kappa shape index (κ3) is 5.41. The van der Waals surface area contributed by atoms with E-state index >= 15 is 0 Å². The van der Waals surface area contributed by atoms with E-state index in [-0.39, 0.29) is 28.8 Å². The lowest BCUT2D eigenvalue weighted by molar-refractivity contribution is -0.126. The van der Waals surface area contributed by atoms with Crippen LogP contribution in [0.25, 0.3) is 22.3 Å². The molecule has 0 aromatic carbocycles. The van der Waals surface area contributed by atoms with E-state index < -0.39 is 27.3 Å². The maximum Gasteiger partial charge on any atom is 0.322 e. The molecular weight excluding hydrogens is 586 g/mol. The van der Waals surface area contributed by atoms with Crippen molar-refractivity contribution in [1.29, 1.82) is 0 Å². The van der Waals surface area contributed by atoms with Crippen molar-refractivity contribution in [3.8, 4) is 11.4 Å². The van der Waals surface area contributed by atoms with Crippen molar-refractivity contribution in [2.45, 2.75) is 37.2 Å². The number of hydrogen-bond acceptors (Lipinski definition) is 11. The van der Waals surface area contributed by atoms with Crippen LogP contribution in [0.2, 0.25) is 0 Å². The number of nitrogens with zero attached hydrogens (tertiary/aromatic N) is 6. The van der Waals surface area contributed by atoms with Crippen LogP contribution in [0, 0.1) is 12.8 Å². The summed E-state index contributed by atoms with van der Waals surface area (Å²) in [5.74, 6) is -0.442. The Morgan fingerprint density at radius 3 is 2.61 bits per heavy atom. The number of fused-ring (bicyclic) bond motifs is 1. The topological polar surface area (TPSA) is 189 Å². The fourth-order valence-corrected chi connectivity index (χ4v) is 6.50. The van der Waals surface area contributed by atoms with Gasteiger partial charge in [0.2, 0.25) is 5.95 Å². The molecule has 2 saturated heterocycles. The molecule has 2 aliphatic heterocycles. The molecule has 2 atom stereocenters. The van der Waals surface area contributed by atoms with Gasteiger partial charge in [0.1, 0.15) is 5.54 Å². The van der Waals surface area contributed by atoms with Crippen LogP contribution < -0.4 is 20.9 Å². The van der Waals surface area contributed by atoms with Crippen molar-refractivity contribution in [2.24, 2.45) is 5.92 Å². The van der Waals surface area contributed by atoms with Crippen molar-refractivity contribution in [1.82, 2.24) is 40.9 Å². The van der Waals surface area contributed by atoms with Crippen molar-refractivity contribution < 1.29 is 22.8 Å². The average Bonchev–Trinajstić information content (AvgIpc) is 3.29. The van der Waals surface area contributed by atoms with Gasteiger partial charge in [-0.3, -0.25) is 24.9 Å². The number of carbonyl (C=O) groups is 3. The summed E-state index contributed by atoms with van der Waals surface area (Å²) in [7, 11) is -3.53. The number of nitrogens with one attached hydrogen (secondary N) is 3. The van der Waals surface area contributed by atoms with Crippen LogP contribution in [0.5, 0.6) is 0 Å². The maximum absolute atomic E-state index is 12.8. The first-order valence-corrected chi connectivity index (χ1v) is 15.7. The highest BCUT2D eigenvalue weighted by Gasteiger charge is 2.52. The minimum absolute atomic E-state index is 0.00650. The second kappa shape index (κ2) is 10.9. The third-order valence-corrected chi connectivity index (χ3v) is 9.24. The molecule has 2 fully saturated rings. The summed E-state index contributed by atoms with van der Waals surface area (Å²) in [5, 5.41) is 8.70. The highest BCUT2D eigenvalue weighted by molar-refractivity contribution is 7.90. The van der Waals surface area contributed by atoms with E-state index in [1.807, 2.05) is 24.0 Å². The van der Waals surface area contributed by atoms with E-state index in [9.17, 15) is 22.8 Å². The average molecular weight is 616 g/mol. The molecule has 6 heterocycles. The summed E-state index contributed by atoms with van der Waals surface area (Å²) in [6.07, 6.45) is 6.16. The van der Waals surface area contributed by atoms with Crippen molar-refractivity contribution in [3.63, 3.8) is 0 Å². The first-order chi connectivity index (χ1) is 20.9. The predicted molar refractivity (Wildman–Crippen MR) is 159 cm³/mol. The van der Waals surface area contributed by atoms with E-state index in [0.717, 1.165) is 11.6 Å². The lowest BCUT2D eigenvalue weighted by Gasteiger charge is -2.42. The monoisotopic (exact) mass is 615 g/mol. The van der Waals surface area contributed by atoms with Gasteiger partial charge in [0.15, 0.2) is 9.84 Å². The van der Waals surface area contributed by atoms with Crippen molar-refractivity contribution in [3.05, 3.63) is 65.9 Å². The summed E-state index contributed by atoms with van der Waals surface area (Å²) in [5.41, 5.74) is 1.96. The molecule has 0 saturated carbocycles. The Hall–Kier alpha value is -5.05. The zero-order valence-corrected chi connectivity index (χ0v) is 25.0. The number of aryl methyl sites for hydroxylation is 1. The second-order valence-corrected chi connectivity index (χ2v) is 13.0. The Morgan fingerprint density at radius 1 is 1.09 bits per heavy atom. The lowest BCUT2D eigenvalue weighted by Crippen LogP contribution is -2.60. The predicted octanol–water partition coefficient (Wildman–Crippen LogP) is 1.55. The molecule has 44 heavy (non-hydrogen) atoms. The quantitative estimate of drug-likeness (QED) is 0.267. The number of sulfone groups is 1. The highest BCUT2D eigenvalue weighted by Crippen LogP contribution is 2.32. The van der Waals surface area contributed by atoms with Crippen LogP contribution in [0.3, 0.4) is 0 Å². The largest absolute Gasteiger partial charge is 0.346 e. The number of pyridine rings is 3.